The smallest absolute Gasteiger partial charge is 0.244 e. The molecule has 0 spiro atoms. The fourth-order valence-electron chi connectivity index (χ4n) is 2.24. The van der Waals surface area contributed by atoms with E-state index in [1.807, 2.05) is 6.92 Å². The molecule has 1 aliphatic heterocycles. The summed E-state index contributed by atoms with van der Waals surface area (Å²) in [4.78, 5) is 4.05. The fourth-order valence-corrected chi connectivity index (χ4v) is 3.79. The SMILES string of the molecule is CC1CN(S(=O)(=O)c2cncc(C#CCN)c2)CCC1O. The number of rotatable bonds is 2. The first-order valence-corrected chi connectivity index (χ1v) is 8.21. The summed E-state index contributed by atoms with van der Waals surface area (Å²) >= 11 is 0. The van der Waals surface area contributed by atoms with Gasteiger partial charge in [0.15, 0.2) is 0 Å². The second-order valence-electron chi connectivity index (χ2n) is 5.11. The molecular formula is C14H19N3O3S. The van der Waals surface area contributed by atoms with Crippen LogP contribution in [0, 0.1) is 17.8 Å². The zero-order valence-electron chi connectivity index (χ0n) is 11.9. The largest absolute Gasteiger partial charge is 0.393 e. The zero-order chi connectivity index (χ0) is 15.5. The van der Waals surface area contributed by atoms with E-state index in [2.05, 4.69) is 16.8 Å². The number of hydrogen-bond donors (Lipinski definition) is 2. The molecule has 1 saturated heterocycles. The van der Waals surface area contributed by atoms with Gasteiger partial charge in [0.1, 0.15) is 4.90 Å². The number of pyridine rings is 1. The number of piperidine rings is 1. The number of sulfonamides is 1. The molecule has 2 rings (SSSR count). The van der Waals surface area contributed by atoms with Gasteiger partial charge in [-0.2, -0.15) is 4.31 Å². The van der Waals surface area contributed by atoms with Crippen LogP contribution >= 0.6 is 0 Å². The molecule has 21 heavy (non-hydrogen) atoms. The molecule has 7 heteroatoms. The summed E-state index contributed by atoms with van der Waals surface area (Å²) in [5.41, 5.74) is 5.82. The van der Waals surface area contributed by atoms with Gasteiger partial charge in [-0.05, 0) is 18.4 Å². The maximum Gasteiger partial charge on any atom is 0.244 e. The summed E-state index contributed by atoms with van der Waals surface area (Å²) in [6, 6.07) is 1.50. The molecule has 0 radical (unpaired) electrons. The number of aliphatic hydroxyl groups excluding tert-OH is 1. The first-order chi connectivity index (χ1) is 9.95. The Kier molecular flexibility index (Phi) is 4.96. The van der Waals surface area contributed by atoms with Crippen molar-refractivity contribution in [3.63, 3.8) is 0 Å². The summed E-state index contributed by atoms with van der Waals surface area (Å²) in [5, 5.41) is 9.71. The zero-order valence-corrected chi connectivity index (χ0v) is 12.7. The van der Waals surface area contributed by atoms with Crippen LogP contribution in [-0.4, -0.2) is 48.6 Å². The van der Waals surface area contributed by atoms with E-state index >= 15 is 0 Å². The summed E-state index contributed by atoms with van der Waals surface area (Å²) in [6.45, 7) is 2.67. The number of aliphatic hydroxyl groups is 1. The topological polar surface area (TPSA) is 96.5 Å². The molecule has 3 N–H and O–H groups in total. The molecular weight excluding hydrogens is 290 g/mol. The number of nitrogens with zero attached hydrogens (tertiary/aromatic N) is 2. The third-order valence-electron chi connectivity index (χ3n) is 3.51. The van der Waals surface area contributed by atoms with Gasteiger partial charge in [-0.25, -0.2) is 8.42 Å². The predicted octanol–water partition coefficient (Wildman–Crippen LogP) is -0.217. The molecule has 0 bridgehead atoms. The van der Waals surface area contributed by atoms with Crippen molar-refractivity contribution >= 4 is 10.0 Å². The van der Waals surface area contributed by atoms with E-state index in [0.29, 0.717) is 25.1 Å². The van der Waals surface area contributed by atoms with Crippen LogP contribution < -0.4 is 5.73 Å². The lowest BCUT2D eigenvalue weighted by atomic mass is 9.99. The van der Waals surface area contributed by atoms with E-state index < -0.39 is 16.1 Å². The lowest BCUT2D eigenvalue weighted by Gasteiger charge is -2.33. The van der Waals surface area contributed by atoms with Gasteiger partial charge >= 0.3 is 0 Å². The van der Waals surface area contributed by atoms with Crippen molar-refractivity contribution in [2.75, 3.05) is 19.6 Å². The summed E-state index contributed by atoms with van der Waals surface area (Å²) in [5.74, 6) is 5.37. The van der Waals surface area contributed by atoms with Crippen molar-refractivity contribution in [2.24, 2.45) is 11.7 Å². The Hall–Kier alpha value is -1.46. The van der Waals surface area contributed by atoms with E-state index in [0.717, 1.165) is 0 Å². The average molecular weight is 309 g/mol. The van der Waals surface area contributed by atoms with Gasteiger partial charge in [-0.1, -0.05) is 18.8 Å². The van der Waals surface area contributed by atoms with Crippen molar-refractivity contribution < 1.29 is 13.5 Å². The van der Waals surface area contributed by atoms with Gasteiger partial charge in [-0.15, -0.1) is 0 Å². The number of hydrogen-bond acceptors (Lipinski definition) is 5. The van der Waals surface area contributed by atoms with Crippen LogP contribution in [0.3, 0.4) is 0 Å². The summed E-state index contributed by atoms with van der Waals surface area (Å²) < 4.78 is 26.6. The van der Waals surface area contributed by atoms with Crippen LogP contribution in [0.25, 0.3) is 0 Å². The minimum absolute atomic E-state index is 0.0818. The summed E-state index contributed by atoms with van der Waals surface area (Å²) in [7, 11) is -3.61. The lowest BCUT2D eigenvalue weighted by Crippen LogP contribution is -2.44. The molecule has 2 atom stereocenters. The number of nitrogens with two attached hydrogens (primary N) is 1. The highest BCUT2D eigenvalue weighted by molar-refractivity contribution is 7.89. The van der Waals surface area contributed by atoms with Gasteiger partial charge in [-0.3, -0.25) is 4.98 Å². The van der Waals surface area contributed by atoms with Gasteiger partial charge in [0.2, 0.25) is 10.0 Å². The van der Waals surface area contributed by atoms with Gasteiger partial charge in [0.05, 0.1) is 12.6 Å². The average Bonchev–Trinajstić information content (AvgIpc) is 2.48. The molecule has 0 aromatic carbocycles. The van der Waals surface area contributed by atoms with Gasteiger partial charge in [0.25, 0.3) is 0 Å². The van der Waals surface area contributed by atoms with E-state index in [1.165, 1.54) is 22.8 Å². The van der Waals surface area contributed by atoms with Crippen LogP contribution in [0.2, 0.25) is 0 Å². The molecule has 0 aliphatic carbocycles. The van der Waals surface area contributed by atoms with Crippen LogP contribution in [0.1, 0.15) is 18.9 Å². The first-order valence-electron chi connectivity index (χ1n) is 6.77. The molecule has 0 amide bonds. The Morgan fingerprint density at radius 2 is 2.29 bits per heavy atom. The Morgan fingerprint density at radius 1 is 1.52 bits per heavy atom. The molecule has 2 heterocycles. The van der Waals surface area contributed by atoms with Crippen LogP contribution in [0.15, 0.2) is 23.4 Å². The van der Waals surface area contributed by atoms with Crippen molar-refractivity contribution in [1.82, 2.24) is 9.29 Å². The van der Waals surface area contributed by atoms with Gasteiger partial charge < -0.3 is 10.8 Å². The van der Waals surface area contributed by atoms with Crippen molar-refractivity contribution in [3.05, 3.63) is 24.0 Å². The Morgan fingerprint density at radius 3 is 2.95 bits per heavy atom. The normalized spacial score (nSPS) is 23.4. The maximum absolute atomic E-state index is 12.6. The molecule has 0 saturated carbocycles. The molecule has 1 aromatic heterocycles. The van der Waals surface area contributed by atoms with Crippen LogP contribution in [0.4, 0.5) is 0 Å². The molecule has 1 aliphatic rings. The highest BCUT2D eigenvalue weighted by Crippen LogP contribution is 2.23. The fraction of sp³-hybridized carbons (Fsp3) is 0.500. The maximum atomic E-state index is 12.6. The highest BCUT2D eigenvalue weighted by atomic mass is 32.2. The number of aromatic nitrogens is 1. The third kappa shape index (κ3) is 3.60. The Bertz CT molecular complexity index is 664. The van der Waals surface area contributed by atoms with Crippen LogP contribution in [0.5, 0.6) is 0 Å². The minimum atomic E-state index is -3.61. The highest BCUT2D eigenvalue weighted by Gasteiger charge is 2.32. The predicted molar refractivity (Wildman–Crippen MR) is 78.7 cm³/mol. The van der Waals surface area contributed by atoms with Crippen LogP contribution in [-0.2, 0) is 10.0 Å². The second-order valence-corrected chi connectivity index (χ2v) is 7.05. The van der Waals surface area contributed by atoms with Crippen molar-refractivity contribution in [3.8, 4) is 11.8 Å². The van der Waals surface area contributed by atoms with Crippen molar-refractivity contribution in [2.45, 2.75) is 24.3 Å². The monoisotopic (exact) mass is 309 g/mol. The first kappa shape index (κ1) is 15.9. The molecule has 1 fully saturated rings. The van der Waals surface area contributed by atoms with Crippen molar-refractivity contribution in [1.29, 1.82) is 0 Å². The van der Waals surface area contributed by atoms with E-state index in [9.17, 15) is 13.5 Å². The standard InChI is InChI=1S/C14H19N3O3S/c1-11-10-17(6-4-14(11)18)21(19,20)13-7-12(3-2-5-15)8-16-9-13/h7-9,11,14,18H,4-6,10,15H2,1H3. The molecule has 1 aromatic rings. The molecule has 114 valence electrons. The third-order valence-corrected chi connectivity index (χ3v) is 5.34. The Balaban J connectivity index is 2.27. The quantitative estimate of drug-likeness (QED) is 0.737. The molecule has 2 unspecified atom stereocenters. The summed E-state index contributed by atoms with van der Waals surface area (Å²) in [6.07, 6.45) is 2.82. The lowest BCUT2D eigenvalue weighted by molar-refractivity contribution is 0.0628. The molecule has 6 nitrogen and oxygen atoms in total. The minimum Gasteiger partial charge on any atom is -0.393 e. The Labute approximate surface area is 125 Å². The second kappa shape index (κ2) is 6.54. The van der Waals surface area contributed by atoms with E-state index in [1.54, 1.807) is 0 Å². The van der Waals surface area contributed by atoms with E-state index in [-0.39, 0.29) is 17.4 Å². The van der Waals surface area contributed by atoms with Gasteiger partial charge in [0, 0.05) is 31.0 Å². The van der Waals surface area contributed by atoms with E-state index in [4.69, 9.17) is 5.73 Å².